The first-order chi connectivity index (χ1) is 23.3. The van der Waals surface area contributed by atoms with Gasteiger partial charge in [0.25, 0.3) is 0 Å². The molecule has 1 aliphatic heterocycles. The van der Waals surface area contributed by atoms with Gasteiger partial charge in [0, 0.05) is 18.7 Å². The maximum absolute atomic E-state index is 12.9. The Hall–Kier alpha value is -3.65. The highest BCUT2D eigenvalue weighted by Crippen LogP contribution is 2.47. The van der Waals surface area contributed by atoms with Crippen LogP contribution in [0.4, 0.5) is 5.69 Å². The summed E-state index contributed by atoms with van der Waals surface area (Å²) < 4.78 is 0. The van der Waals surface area contributed by atoms with Crippen molar-refractivity contribution in [3.63, 3.8) is 0 Å². The molecule has 1 amide bonds. The first kappa shape index (κ1) is 38.6. The second-order valence-corrected chi connectivity index (χ2v) is 20.3. The van der Waals surface area contributed by atoms with Crippen molar-refractivity contribution in [3.05, 3.63) is 101 Å². The van der Waals surface area contributed by atoms with Crippen molar-refractivity contribution in [2.45, 2.75) is 150 Å². The molecule has 0 radical (unpaired) electrons. The van der Waals surface area contributed by atoms with Gasteiger partial charge in [0.2, 0.25) is 5.91 Å². The molecule has 1 aliphatic rings. The first-order valence-electron chi connectivity index (χ1n) is 19.3. The van der Waals surface area contributed by atoms with Gasteiger partial charge in [-0.05, 0) is 125 Å². The lowest BCUT2D eigenvalue weighted by Gasteiger charge is -2.30. The number of rotatable bonds is 4. The monoisotopic (exact) mass is 684 g/mol. The van der Waals surface area contributed by atoms with Gasteiger partial charge in [0.15, 0.2) is 0 Å². The van der Waals surface area contributed by atoms with Crippen LogP contribution in [0.2, 0.25) is 0 Å². The molecular formula is C49H65NO. The number of hydrogen-bond donors (Lipinski definition) is 0. The fourth-order valence-corrected chi connectivity index (χ4v) is 7.03. The van der Waals surface area contributed by atoms with Crippen LogP contribution in [0.25, 0.3) is 33.4 Å². The summed E-state index contributed by atoms with van der Waals surface area (Å²) in [6, 6.07) is 28.4. The van der Waals surface area contributed by atoms with E-state index in [0.29, 0.717) is 6.42 Å². The van der Waals surface area contributed by atoms with Crippen LogP contribution < -0.4 is 4.90 Å². The normalized spacial score (nSPS) is 15.0. The number of carbonyl (C=O) groups is 1. The molecule has 4 aromatic carbocycles. The van der Waals surface area contributed by atoms with Crippen LogP contribution in [0.3, 0.4) is 0 Å². The van der Waals surface area contributed by atoms with Crippen molar-refractivity contribution in [2.75, 3.05) is 11.4 Å². The molecule has 0 unspecified atom stereocenters. The minimum atomic E-state index is -0.0660. The summed E-state index contributed by atoms with van der Waals surface area (Å²) >= 11 is 0. The Kier molecular flexibility index (Phi) is 10.1. The van der Waals surface area contributed by atoms with Gasteiger partial charge in [-0.15, -0.1) is 0 Å². The van der Waals surface area contributed by atoms with Gasteiger partial charge >= 0.3 is 0 Å². The molecule has 1 fully saturated rings. The Labute approximate surface area is 311 Å². The summed E-state index contributed by atoms with van der Waals surface area (Å²) in [5.41, 5.74) is 15.1. The van der Waals surface area contributed by atoms with E-state index in [1.165, 1.54) is 61.2 Å². The van der Waals surface area contributed by atoms with Gasteiger partial charge in [0.1, 0.15) is 0 Å². The van der Waals surface area contributed by atoms with Gasteiger partial charge < -0.3 is 4.90 Å². The van der Waals surface area contributed by atoms with Gasteiger partial charge in [-0.1, -0.05) is 152 Å². The quantitative estimate of drug-likeness (QED) is 0.210. The predicted molar refractivity (Wildman–Crippen MR) is 222 cm³/mol. The fourth-order valence-electron chi connectivity index (χ4n) is 7.03. The lowest BCUT2D eigenvalue weighted by atomic mass is 9.75. The molecule has 0 aromatic heterocycles. The number of carbonyl (C=O) groups excluding carboxylic acids is 1. The van der Waals surface area contributed by atoms with Crippen molar-refractivity contribution in [1.82, 2.24) is 0 Å². The summed E-state index contributed by atoms with van der Waals surface area (Å²) in [6.45, 7) is 35.7. The smallest absolute Gasteiger partial charge is 0.226 e. The third-order valence-corrected chi connectivity index (χ3v) is 10.7. The average Bonchev–Trinajstić information content (AvgIpc) is 3.02. The van der Waals surface area contributed by atoms with Crippen molar-refractivity contribution < 1.29 is 4.79 Å². The van der Waals surface area contributed by atoms with Crippen LogP contribution >= 0.6 is 0 Å². The van der Waals surface area contributed by atoms with Crippen LogP contribution in [-0.4, -0.2) is 12.5 Å². The summed E-state index contributed by atoms with van der Waals surface area (Å²) in [5.74, 6) is 0.229. The zero-order chi connectivity index (χ0) is 37.9. The molecule has 0 bridgehead atoms. The first-order valence-corrected chi connectivity index (χ1v) is 19.3. The third kappa shape index (κ3) is 8.54. The Balaban J connectivity index is 1.93. The van der Waals surface area contributed by atoms with Gasteiger partial charge in [-0.3, -0.25) is 4.79 Å². The van der Waals surface area contributed by atoms with E-state index >= 15 is 0 Å². The largest absolute Gasteiger partial charge is 0.312 e. The molecule has 0 spiro atoms. The van der Waals surface area contributed by atoms with E-state index in [9.17, 15) is 4.79 Å². The van der Waals surface area contributed by atoms with Gasteiger partial charge in [0.05, 0.1) is 0 Å². The minimum Gasteiger partial charge on any atom is -0.312 e. The van der Waals surface area contributed by atoms with Gasteiger partial charge in [-0.25, -0.2) is 0 Å². The van der Waals surface area contributed by atoms with Crippen LogP contribution in [0, 0.1) is 0 Å². The van der Waals surface area contributed by atoms with E-state index in [-0.39, 0.29) is 33.0 Å². The van der Waals surface area contributed by atoms with E-state index in [0.717, 1.165) is 25.1 Å². The zero-order valence-electron chi connectivity index (χ0n) is 34.6. The van der Waals surface area contributed by atoms with Crippen LogP contribution in [-0.2, 0) is 31.9 Å². The number of piperidine rings is 1. The van der Waals surface area contributed by atoms with E-state index in [1.807, 2.05) is 4.90 Å². The Morgan fingerprint density at radius 1 is 0.431 bits per heavy atom. The summed E-state index contributed by atoms with van der Waals surface area (Å²) in [4.78, 5) is 14.9. The molecule has 1 heterocycles. The van der Waals surface area contributed by atoms with E-state index in [2.05, 4.69) is 177 Å². The molecule has 0 aliphatic carbocycles. The third-order valence-electron chi connectivity index (χ3n) is 10.7. The Morgan fingerprint density at radius 2 is 0.784 bits per heavy atom. The molecule has 0 atom stereocenters. The summed E-state index contributed by atoms with van der Waals surface area (Å²) in [5, 5.41) is 0. The second kappa shape index (κ2) is 13.4. The number of amides is 1. The standard InChI is InChI=1S/C49H65NO/c1-45(2,3)35-24-33(25-36(28-35)46(4,5)6)41-30-39(49(13,14)15)31-42(34-26-37(47(7,8)9)29-38(27-34)48(10,11)12)44(41)32-19-21-40(22-20-32)50-23-17-16-18-43(50)51/h19-22,24-31H,16-18,23H2,1-15H3. The summed E-state index contributed by atoms with van der Waals surface area (Å²) in [6.07, 6.45) is 2.66. The molecular weight excluding hydrogens is 619 g/mol. The molecule has 272 valence electrons. The Morgan fingerprint density at radius 3 is 1.12 bits per heavy atom. The molecule has 5 rings (SSSR count). The van der Waals surface area contributed by atoms with Crippen molar-refractivity contribution >= 4 is 11.6 Å². The molecule has 0 N–H and O–H groups in total. The molecule has 4 aromatic rings. The van der Waals surface area contributed by atoms with Crippen molar-refractivity contribution in [1.29, 1.82) is 0 Å². The number of hydrogen-bond acceptors (Lipinski definition) is 1. The maximum Gasteiger partial charge on any atom is 0.226 e. The highest BCUT2D eigenvalue weighted by molar-refractivity contribution is 5.97. The van der Waals surface area contributed by atoms with E-state index < -0.39 is 0 Å². The highest BCUT2D eigenvalue weighted by atomic mass is 16.2. The highest BCUT2D eigenvalue weighted by Gasteiger charge is 2.28. The van der Waals surface area contributed by atoms with Gasteiger partial charge in [-0.2, -0.15) is 0 Å². The number of anilines is 1. The molecule has 1 saturated heterocycles. The van der Waals surface area contributed by atoms with Crippen LogP contribution in [0.15, 0.2) is 72.8 Å². The van der Waals surface area contributed by atoms with Crippen molar-refractivity contribution in [2.24, 2.45) is 0 Å². The maximum atomic E-state index is 12.9. The van der Waals surface area contributed by atoms with Crippen molar-refractivity contribution in [3.8, 4) is 33.4 Å². The number of benzene rings is 4. The van der Waals surface area contributed by atoms with E-state index in [4.69, 9.17) is 0 Å². The lowest BCUT2D eigenvalue weighted by molar-refractivity contribution is -0.119. The predicted octanol–water partition coefficient (Wildman–Crippen LogP) is 13.7. The minimum absolute atomic E-state index is 0.00802. The van der Waals surface area contributed by atoms with E-state index in [1.54, 1.807) is 0 Å². The Bertz CT molecular complexity index is 1740. The molecule has 51 heavy (non-hydrogen) atoms. The molecule has 2 nitrogen and oxygen atoms in total. The molecule has 2 heteroatoms. The lowest BCUT2D eigenvalue weighted by Crippen LogP contribution is -2.35. The zero-order valence-corrected chi connectivity index (χ0v) is 34.6. The SMILES string of the molecule is CC(C)(C)c1cc(-c2cc(C(C)(C)C)cc(-c3cc(C(C)(C)C)cc(C(C)(C)C)c3)c2-c2ccc(N3CCCCC3=O)cc2)cc(C(C)(C)C)c1. The molecule has 0 saturated carbocycles. The van der Waals surface area contributed by atoms with Crippen LogP contribution in [0.5, 0.6) is 0 Å². The topological polar surface area (TPSA) is 20.3 Å². The number of nitrogens with zero attached hydrogens (tertiary/aromatic N) is 1. The summed E-state index contributed by atoms with van der Waals surface area (Å²) in [7, 11) is 0. The second-order valence-electron chi connectivity index (χ2n) is 20.3. The fraction of sp³-hybridized carbons (Fsp3) is 0.490. The average molecular weight is 684 g/mol. The van der Waals surface area contributed by atoms with Crippen LogP contribution in [0.1, 0.15) is 151 Å².